The normalized spacial score (nSPS) is 12.7. The van der Waals surface area contributed by atoms with Gasteiger partial charge in [0.2, 0.25) is 5.91 Å². The van der Waals surface area contributed by atoms with Gasteiger partial charge in [-0.25, -0.2) is 0 Å². The molecule has 5 rings (SSSR count). The van der Waals surface area contributed by atoms with Crippen LogP contribution in [0.5, 0.6) is 0 Å². The summed E-state index contributed by atoms with van der Waals surface area (Å²) in [5.74, 6) is -0.665. The lowest BCUT2D eigenvalue weighted by molar-refractivity contribution is -0.117. The Morgan fingerprint density at radius 3 is 2.23 bits per heavy atom. The third kappa shape index (κ3) is 5.44. The molecule has 0 unspecified atom stereocenters. The second-order valence-electron chi connectivity index (χ2n) is 9.51. The van der Waals surface area contributed by atoms with Crippen LogP contribution in [0.3, 0.4) is 0 Å². The zero-order chi connectivity index (χ0) is 27.4. The van der Waals surface area contributed by atoms with Crippen LogP contribution in [0, 0.1) is 6.92 Å². The third-order valence-corrected chi connectivity index (χ3v) is 6.81. The highest BCUT2D eigenvalue weighted by molar-refractivity contribution is 6.16. The minimum absolute atomic E-state index is 0.0469. The monoisotopic (exact) mass is 518 g/mol. The summed E-state index contributed by atoms with van der Waals surface area (Å²) in [4.78, 5) is 42.7. The topological polar surface area (TPSA) is 95.7 Å². The molecule has 1 heterocycles. The third-order valence-electron chi connectivity index (χ3n) is 6.81. The van der Waals surface area contributed by atoms with E-state index in [9.17, 15) is 14.4 Å². The predicted molar refractivity (Wildman–Crippen MR) is 155 cm³/mol. The highest BCUT2D eigenvalue weighted by Gasteiger charge is 2.32. The second kappa shape index (κ2) is 11.3. The Kier molecular flexibility index (Phi) is 7.52. The first-order valence-electron chi connectivity index (χ1n) is 12.9. The van der Waals surface area contributed by atoms with E-state index in [4.69, 9.17) is 5.73 Å². The van der Waals surface area contributed by atoms with Crippen molar-refractivity contribution in [1.29, 1.82) is 0 Å². The van der Waals surface area contributed by atoms with Crippen molar-refractivity contribution in [2.45, 2.75) is 13.3 Å². The summed E-state index contributed by atoms with van der Waals surface area (Å²) < 4.78 is 0. The number of para-hydroxylation sites is 2. The number of anilines is 3. The molecule has 1 aliphatic rings. The number of hydrogen-bond acceptors (Lipinski definition) is 4. The number of nitrogens with two attached hydrogens (primary N) is 1. The van der Waals surface area contributed by atoms with Gasteiger partial charge in [0.15, 0.2) is 0 Å². The molecule has 0 aliphatic carbocycles. The maximum absolute atomic E-state index is 13.5. The lowest BCUT2D eigenvalue weighted by Gasteiger charge is -2.36. The molecule has 3 N–H and O–H groups in total. The maximum Gasteiger partial charge on any atom is 0.258 e. The fourth-order valence-corrected chi connectivity index (χ4v) is 4.75. The number of nitrogens with one attached hydrogen (secondary N) is 1. The molecule has 3 amide bonds. The van der Waals surface area contributed by atoms with Gasteiger partial charge in [-0.05, 0) is 73.5 Å². The average Bonchev–Trinajstić information content (AvgIpc) is 2.97. The molecule has 0 aromatic heterocycles. The number of rotatable bonds is 7. The number of fused-ring (bicyclic) bond motifs is 1. The van der Waals surface area contributed by atoms with Crippen LogP contribution in [0.1, 0.15) is 32.7 Å². The number of carbonyl (C=O) groups excluding carboxylic acids is 3. The number of nitrogens with zero attached hydrogens (tertiary/aromatic N) is 2. The van der Waals surface area contributed by atoms with Crippen LogP contribution >= 0.6 is 0 Å². The molecule has 0 spiro atoms. The van der Waals surface area contributed by atoms with E-state index in [1.807, 2.05) is 73.7 Å². The Bertz CT molecular complexity index is 1510. The molecule has 7 heteroatoms. The zero-order valence-electron chi connectivity index (χ0n) is 21.8. The smallest absolute Gasteiger partial charge is 0.258 e. The molecule has 39 heavy (non-hydrogen) atoms. The molecule has 0 saturated carbocycles. The van der Waals surface area contributed by atoms with Crippen molar-refractivity contribution >= 4 is 34.8 Å². The van der Waals surface area contributed by atoms with Crippen molar-refractivity contribution < 1.29 is 14.4 Å². The van der Waals surface area contributed by atoms with E-state index in [1.165, 1.54) is 4.90 Å². The largest absolute Gasteiger partial charge is 0.330 e. The summed E-state index contributed by atoms with van der Waals surface area (Å²) in [6.45, 7) is 2.97. The standard InChI is InChI=1S/C32H30N4O3/c1-22-11-13-23(14-12-22)26-7-2-3-8-27(26)31(38)34-25-17-15-24(16-18-25)32(39)36-21-30(37)35(20-6-19-33)28-9-4-5-10-29(28)36/h2-5,7-18H,6,19-21,33H2,1H3,(H,34,38). The average molecular weight is 519 g/mol. The summed E-state index contributed by atoms with van der Waals surface area (Å²) in [7, 11) is 0. The molecular weight excluding hydrogens is 488 g/mol. The van der Waals surface area contributed by atoms with Crippen LogP contribution in [0.4, 0.5) is 17.1 Å². The van der Waals surface area contributed by atoms with Crippen LogP contribution in [0.25, 0.3) is 11.1 Å². The minimum atomic E-state index is -0.281. The maximum atomic E-state index is 13.5. The molecule has 196 valence electrons. The van der Waals surface area contributed by atoms with Crippen LogP contribution in [-0.2, 0) is 4.79 Å². The van der Waals surface area contributed by atoms with Crippen molar-refractivity contribution in [2.24, 2.45) is 5.73 Å². The molecular formula is C32H30N4O3. The van der Waals surface area contributed by atoms with Gasteiger partial charge in [0, 0.05) is 23.4 Å². The Morgan fingerprint density at radius 1 is 0.846 bits per heavy atom. The summed E-state index contributed by atoms with van der Waals surface area (Å²) in [5, 5.41) is 2.94. The fraction of sp³-hybridized carbons (Fsp3) is 0.156. The molecule has 0 saturated heterocycles. The van der Waals surface area contributed by atoms with Crippen LogP contribution in [0.15, 0.2) is 97.1 Å². The van der Waals surface area contributed by atoms with Gasteiger partial charge in [0.1, 0.15) is 6.54 Å². The molecule has 4 aromatic carbocycles. The predicted octanol–water partition coefficient (Wildman–Crippen LogP) is 5.26. The Morgan fingerprint density at radius 2 is 1.51 bits per heavy atom. The van der Waals surface area contributed by atoms with Crippen molar-refractivity contribution in [2.75, 3.05) is 34.8 Å². The highest BCUT2D eigenvalue weighted by Crippen LogP contribution is 2.34. The van der Waals surface area contributed by atoms with Crippen molar-refractivity contribution in [3.8, 4) is 11.1 Å². The lowest BCUT2D eigenvalue weighted by atomic mass is 9.98. The molecule has 7 nitrogen and oxygen atoms in total. The van der Waals surface area contributed by atoms with E-state index in [-0.39, 0.29) is 24.3 Å². The number of aryl methyl sites for hydroxylation is 1. The van der Waals surface area contributed by atoms with Gasteiger partial charge in [-0.2, -0.15) is 0 Å². The summed E-state index contributed by atoms with van der Waals surface area (Å²) in [6.07, 6.45) is 0.677. The van der Waals surface area contributed by atoms with Gasteiger partial charge in [0.25, 0.3) is 11.8 Å². The Hall–Kier alpha value is -4.75. The van der Waals surface area contributed by atoms with E-state index in [1.54, 1.807) is 35.2 Å². The highest BCUT2D eigenvalue weighted by atomic mass is 16.2. The minimum Gasteiger partial charge on any atom is -0.330 e. The first-order valence-corrected chi connectivity index (χ1v) is 12.9. The number of amides is 3. The van der Waals surface area contributed by atoms with Gasteiger partial charge in [-0.15, -0.1) is 0 Å². The first kappa shape index (κ1) is 25.9. The van der Waals surface area contributed by atoms with Gasteiger partial charge in [-0.3, -0.25) is 19.3 Å². The second-order valence-corrected chi connectivity index (χ2v) is 9.51. The molecule has 4 aromatic rings. The van der Waals surface area contributed by atoms with Gasteiger partial charge >= 0.3 is 0 Å². The van der Waals surface area contributed by atoms with Gasteiger partial charge in [0.05, 0.1) is 11.4 Å². The van der Waals surface area contributed by atoms with Crippen molar-refractivity contribution in [3.05, 3.63) is 114 Å². The zero-order valence-corrected chi connectivity index (χ0v) is 21.8. The summed E-state index contributed by atoms with van der Waals surface area (Å²) >= 11 is 0. The van der Waals surface area contributed by atoms with Gasteiger partial charge < -0.3 is 16.0 Å². The first-order chi connectivity index (χ1) is 19.0. The van der Waals surface area contributed by atoms with E-state index in [0.717, 1.165) is 16.7 Å². The lowest BCUT2D eigenvalue weighted by Crippen LogP contribution is -2.48. The number of benzene rings is 4. The summed E-state index contributed by atoms with van der Waals surface area (Å²) in [6, 6.07) is 29.6. The molecule has 0 fully saturated rings. The Labute approximate surface area is 227 Å². The number of carbonyl (C=O) groups is 3. The molecule has 1 aliphatic heterocycles. The molecule has 0 radical (unpaired) electrons. The molecule has 0 atom stereocenters. The number of hydrogen-bond donors (Lipinski definition) is 2. The van der Waals surface area contributed by atoms with Crippen LogP contribution in [0.2, 0.25) is 0 Å². The van der Waals surface area contributed by atoms with Crippen LogP contribution < -0.4 is 20.9 Å². The SMILES string of the molecule is Cc1ccc(-c2ccccc2C(=O)Nc2ccc(C(=O)N3CC(=O)N(CCCN)c4ccccc43)cc2)cc1. The van der Waals surface area contributed by atoms with E-state index in [0.29, 0.717) is 47.7 Å². The van der Waals surface area contributed by atoms with E-state index in [2.05, 4.69) is 5.32 Å². The Balaban J connectivity index is 1.33. The van der Waals surface area contributed by atoms with Crippen molar-refractivity contribution in [3.63, 3.8) is 0 Å². The van der Waals surface area contributed by atoms with Crippen LogP contribution in [-0.4, -0.2) is 37.4 Å². The fourth-order valence-electron chi connectivity index (χ4n) is 4.75. The summed E-state index contributed by atoms with van der Waals surface area (Å²) in [5.41, 5.74) is 11.5. The van der Waals surface area contributed by atoms with E-state index < -0.39 is 0 Å². The van der Waals surface area contributed by atoms with Crippen molar-refractivity contribution in [1.82, 2.24) is 0 Å². The quantitative estimate of drug-likeness (QED) is 0.349. The molecule has 0 bridgehead atoms. The van der Waals surface area contributed by atoms with Gasteiger partial charge in [-0.1, -0.05) is 60.2 Å². The van der Waals surface area contributed by atoms with E-state index >= 15 is 0 Å².